The van der Waals surface area contributed by atoms with Gasteiger partial charge in [0.1, 0.15) is 11.8 Å². The minimum atomic E-state index is -0.576. The Morgan fingerprint density at radius 3 is 2.34 bits per heavy atom. The van der Waals surface area contributed by atoms with Gasteiger partial charge in [0.25, 0.3) is 5.91 Å². The van der Waals surface area contributed by atoms with Gasteiger partial charge in [0, 0.05) is 12.6 Å². The second-order valence-corrected chi connectivity index (χ2v) is 9.17. The van der Waals surface area contributed by atoms with Gasteiger partial charge in [0.2, 0.25) is 5.91 Å². The standard InChI is InChI=1S/C27H36N2O3/c1-18-10-12-23(13-11-18)16-29(22(5)27(31)28-24-8-6-7-9-24)26(30)17-32-25-15-19(2)14-20(3)21(25)4/h10-15,22,24H,6-9,16-17H2,1-5H3,(H,28,31)/t22-/m1/s1. The van der Waals surface area contributed by atoms with Crippen LogP contribution in [0.1, 0.15) is 60.4 Å². The molecule has 1 fully saturated rings. The van der Waals surface area contributed by atoms with E-state index in [0.29, 0.717) is 12.3 Å². The Labute approximate surface area is 192 Å². The number of nitrogens with zero attached hydrogens (tertiary/aromatic N) is 1. The fourth-order valence-electron chi connectivity index (χ4n) is 4.24. The minimum absolute atomic E-state index is 0.0973. The van der Waals surface area contributed by atoms with Gasteiger partial charge in [-0.3, -0.25) is 9.59 Å². The molecular formula is C27H36N2O3. The Kier molecular flexibility index (Phi) is 7.94. The third-order valence-corrected chi connectivity index (χ3v) is 6.46. The fraction of sp³-hybridized carbons (Fsp3) is 0.481. The molecule has 0 aliphatic heterocycles. The Bertz CT molecular complexity index is 946. The summed E-state index contributed by atoms with van der Waals surface area (Å²) in [5.41, 5.74) is 5.41. The van der Waals surface area contributed by atoms with E-state index in [0.717, 1.165) is 53.5 Å². The summed E-state index contributed by atoms with van der Waals surface area (Å²) in [7, 11) is 0. The van der Waals surface area contributed by atoms with Crippen LogP contribution in [0.15, 0.2) is 36.4 Å². The highest BCUT2D eigenvalue weighted by Crippen LogP contribution is 2.24. The van der Waals surface area contributed by atoms with E-state index in [1.807, 2.05) is 58.0 Å². The molecule has 5 nitrogen and oxygen atoms in total. The van der Waals surface area contributed by atoms with Crippen LogP contribution in [0.5, 0.6) is 5.75 Å². The lowest BCUT2D eigenvalue weighted by atomic mass is 10.1. The first-order valence-electron chi connectivity index (χ1n) is 11.6. The summed E-state index contributed by atoms with van der Waals surface area (Å²) >= 11 is 0. The highest BCUT2D eigenvalue weighted by Gasteiger charge is 2.28. The summed E-state index contributed by atoms with van der Waals surface area (Å²) in [6.07, 6.45) is 4.32. The number of carbonyl (C=O) groups is 2. The van der Waals surface area contributed by atoms with Gasteiger partial charge in [-0.25, -0.2) is 0 Å². The van der Waals surface area contributed by atoms with Crippen molar-refractivity contribution in [1.29, 1.82) is 0 Å². The summed E-state index contributed by atoms with van der Waals surface area (Å²) in [5.74, 6) is 0.423. The van der Waals surface area contributed by atoms with Crippen LogP contribution >= 0.6 is 0 Å². The van der Waals surface area contributed by atoms with Gasteiger partial charge in [0.15, 0.2) is 6.61 Å². The number of ether oxygens (including phenoxy) is 1. The van der Waals surface area contributed by atoms with Crippen LogP contribution in [0, 0.1) is 27.7 Å². The van der Waals surface area contributed by atoms with Crippen molar-refractivity contribution >= 4 is 11.8 Å². The van der Waals surface area contributed by atoms with Crippen LogP contribution in [-0.4, -0.2) is 35.4 Å². The maximum Gasteiger partial charge on any atom is 0.261 e. The van der Waals surface area contributed by atoms with E-state index in [2.05, 4.69) is 11.4 Å². The first-order valence-corrected chi connectivity index (χ1v) is 11.6. The van der Waals surface area contributed by atoms with Crippen LogP contribution < -0.4 is 10.1 Å². The molecule has 0 aromatic heterocycles. The first kappa shape index (κ1) is 23.8. The van der Waals surface area contributed by atoms with Crippen molar-refractivity contribution in [2.45, 2.75) is 78.9 Å². The summed E-state index contributed by atoms with van der Waals surface area (Å²) in [6, 6.07) is 11.8. The molecule has 0 saturated heterocycles. The molecule has 0 bridgehead atoms. The number of benzene rings is 2. The van der Waals surface area contributed by atoms with Gasteiger partial charge < -0.3 is 15.0 Å². The maximum absolute atomic E-state index is 13.3. The molecule has 1 aliphatic rings. The Balaban J connectivity index is 1.74. The van der Waals surface area contributed by atoms with E-state index >= 15 is 0 Å². The SMILES string of the molecule is Cc1ccc(CN(C(=O)COc2cc(C)cc(C)c2C)[C@H](C)C(=O)NC2CCCC2)cc1. The Morgan fingerprint density at radius 1 is 1.03 bits per heavy atom. The highest BCUT2D eigenvalue weighted by atomic mass is 16.5. The van der Waals surface area contributed by atoms with Crippen molar-refractivity contribution in [2.75, 3.05) is 6.61 Å². The average molecular weight is 437 g/mol. The number of nitrogens with one attached hydrogen (secondary N) is 1. The molecule has 0 unspecified atom stereocenters. The lowest BCUT2D eigenvalue weighted by molar-refractivity contribution is -0.142. The molecule has 3 rings (SSSR count). The van der Waals surface area contributed by atoms with E-state index < -0.39 is 6.04 Å². The van der Waals surface area contributed by atoms with Gasteiger partial charge in [-0.05, 0) is 75.8 Å². The van der Waals surface area contributed by atoms with Gasteiger partial charge >= 0.3 is 0 Å². The first-order chi connectivity index (χ1) is 15.2. The molecule has 0 radical (unpaired) electrons. The fourth-order valence-corrected chi connectivity index (χ4v) is 4.24. The smallest absolute Gasteiger partial charge is 0.261 e. The van der Waals surface area contributed by atoms with Crippen molar-refractivity contribution in [2.24, 2.45) is 0 Å². The van der Waals surface area contributed by atoms with Crippen molar-refractivity contribution in [3.8, 4) is 5.75 Å². The minimum Gasteiger partial charge on any atom is -0.483 e. The van der Waals surface area contributed by atoms with Crippen molar-refractivity contribution in [3.05, 3.63) is 64.2 Å². The third kappa shape index (κ3) is 6.12. The van der Waals surface area contributed by atoms with E-state index in [-0.39, 0.29) is 24.5 Å². The van der Waals surface area contributed by atoms with Crippen LogP contribution in [0.3, 0.4) is 0 Å². The van der Waals surface area contributed by atoms with Crippen LogP contribution in [0.25, 0.3) is 0 Å². The maximum atomic E-state index is 13.3. The van der Waals surface area contributed by atoms with Crippen molar-refractivity contribution in [1.82, 2.24) is 10.2 Å². The van der Waals surface area contributed by atoms with Gasteiger partial charge in [-0.2, -0.15) is 0 Å². The Morgan fingerprint density at radius 2 is 1.69 bits per heavy atom. The Hall–Kier alpha value is -2.82. The molecule has 2 aromatic rings. The van der Waals surface area contributed by atoms with Crippen molar-refractivity contribution < 1.29 is 14.3 Å². The quantitative estimate of drug-likeness (QED) is 0.648. The summed E-state index contributed by atoms with van der Waals surface area (Å²) in [5, 5.41) is 3.13. The van der Waals surface area contributed by atoms with E-state index in [9.17, 15) is 9.59 Å². The zero-order valence-electron chi connectivity index (χ0n) is 20.0. The van der Waals surface area contributed by atoms with E-state index in [4.69, 9.17) is 4.74 Å². The van der Waals surface area contributed by atoms with E-state index in [1.165, 1.54) is 0 Å². The number of carbonyl (C=O) groups excluding carboxylic acids is 2. The lowest BCUT2D eigenvalue weighted by Crippen LogP contribution is -2.50. The molecule has 0 spiro atoms. The summed E-state index contributed by atoms with van der Waals surface area (Å²) in [6.45, 7) is 10.2. The highest BCUT2D eigenvalue weighted by molar-refractivity contribution is 5.88. The third-order valence-electron chi connectivity index (χ3n) is 6.46. The number of amides is 2. The number of rotatable bonds is 8. The number of hydrogen-bond donors (Lipinski definition) is 1. The second-order valence-electron chi connectivity index (χ2n) is 9.17. The molecule has 2 amide bonds. The molecule has 1 atom stereocenters. The van der Waals surface area contributed by atoms with Crippen molar-refractivity contribution in [3.63, 3.8) is 0 Å². The monoisotopic (exact) mass is 436 g/mol. The van der Waals surface area contributed by atoms with Crippen LogP contribution in [-0.2, 0) is 16.1 Å². The zero-order chi connectivity index (χ0) is 23.3. The topological polar surface area (TPSA) is 58.6 Å². The summed E-state index contributed by atoms with van der Waals surface area (Å²) < 4.78 is 5.94. The second kappa shape index (κ2) is 10.7. The van der Waals surface area contributed by atoms with Gasteiger partial charge in [-0.15, -0.1) is 0 Å². The molecule has 32 heavy (non-hydrogen) atoms. The molecule has 1 N–H and O–H groups in total. The largest absolute Gasteiger partial charge is 0.483 e. The van der Waals surface area contributed by atoms with Gasteiger partial charge in [-0.1, -0.05) is 48.7 Å². The predicted octanol–water partition coefficient (Wildman–Crippen LogP) is 4.78. The zero-order valence-corrected chi connectivity index (χ0v) is 20.0. The molecule has 1 aliphatic carbocycles. The van der Waals surface area contributed by atoms with Gasteiger partial charge in [0.05, 0.1) is 0 Å². The van der Waals surface area contributed by atoms with E-state index in [1.54, 1.807) is 11.8 Å². The normalized spacial score (nSPS) is 14.8. The molecule has 5 heteroatoms. The molecule has 1 saturated carbocycles. The number of aryl methyl sites for hydroxylation is 3. The molecule has 172 valence electrons. The van der Waals surface area contributed by atoms with Crippen LogP contribution in [0.2, 0.25) is 0 Å². The van der Waals surface area contributed by atoms with Crippen LogP contribution in [0.4, 0.5) is 0 Å². The average Bonchev–Trinajstić information content (AvgIpc) is 3.27. The lowest BCUT2D eigenvalue weighted by Gasteiger charge is -2.30. The summed E-state index contributed by atoms with van der Waals surface area (Å²) in [4.78, 5) is 27.9. The predicted molar refractivity (Wildman–Crippen MR) is 128 cm³/mol. The molecule has 0 heterocycles. The molecular weight excluding hydrogens is 400 g/mol. The number of hydrogen-bond acceptors (Lipinski definition) is 3. The molecule has 2 aromatic carbocycles.